The fraction of sp³-hybridized carbons (Fsp3) is 0.353. The molecule has 23 heavy (non-hydrogen) atoms. The average Bonchev–Trinajstić information content (AvgIpc) is 3.01. The molecule has 1 aliphatic rings. The van der Waals surface area contributed by atoms with Crippen LogP contribution in [0, 0.1) is 10.1 Å². The molecule has 0 spiro atoms. The Kier molecular flexibility index (Phi) is 4.14. The van der Waals surface area contributed by atoms with Crippen LogP contribution in [0.2, 0.25) is 0 Å². The summed E-state index contributed by atoms with van der Waals surface area (Å²) in [5.41, 5.74) is 3.51. The number of allylic oxidation sites excluding steroid dienone is 1. The summed E-state index contributed by atoms with van der Waals surface area (Å²) in [4.78, 5) is 15.6. The smallest absolute Gasteiger partial charge is 0.314 e. The lowest BCUT2D eigenvalue weighted by atomic mass is 9.88. The Morgan fingerprint density at radius 2 is 2.26 bits per heavy atom. The van der Waals surface area contributed by atoms with Crippen molar-refractivity contribution in [2.75, 3.05) is 7.11 Å². The van der Waals surface area contributed by atoms with Crippen LogP contribution in [0.5, 0.6) is 5.75 Å². The number of fused-ring (bicyclic) bond motifs is 1. The van der Waals surface area contributed by atoms with Crippen molar-refractivity contribution in [2.45, 2.75) is 32.7 Å². The lowest BCUT2D eigenvalue weighted by molar-refractivity contribution is -0.386. The van der Waals surface area contributed by atoms with Gasteiger partial charge in [0.15, 0.2) is 5.75 Å². The molecule has 1 aliphatic carbocycles. The maximum Gasteiger partial charge on any atom is 0.314 e. The number of imidazole rings is 1. The van der Waals surface area contributed by atoms with E-state index >= 15 is 0 Å². The minimum Gasteiger partial charge on any atom is -0.490 e. The normalized spacial score (nSPS) is 13.4. The van der Waals surface area contributed by atoms with Gasteiger partial charge in [0.05, 0.1) is 24.1 Å². The highest BCUT2D eigenvalue weighted by molar-refractivity contribution is 5.83. The van der Waals surface area contributed by atoms with E-state index < -0.39 is 0 Å². The number of ether oxygens (including phenoxy) is 1. The first kappa shape index (κ1) is 15.3. The second-order valence-electron chi connectivity index (χ2n) is 5.55. The highest BCUT2D eigenvalue weighted by atomic mass is 16.6. The van der Waals surface area contributed by atoms with E-state index in [2.05, 4.69) is 18.0 Å². The molecule has 0 saturated carbocycles. The number of nitro groups is 1. The monoisotopic (exact) mass is 313 g/mol. The van der Waals surface area contributed by atoms with Crippen molar-refractivity contribution >= 4 is 11.3 Å². The Morgan fingerprint density at radius 3 is 2.96 bits per heavy atom. The van der Waals surface area contributed by atoms with E-state index in [-0.39, 0.29) is 10.6 Å². The van der Waals surface area contributed by atoms with Crippen LogP contribution in [0.1, 0.15) is 36.6 Å². The van der Waals surface area contributed by atoms with Crippen molar-refractivity contribution in [3.05, 3.63) is 57.7 Å². The molecule has 6 nitrogen and oxygen atoms in total. The lowest BCUT2D eigenvalue weighted by Crippen LogP contribution is -2.07. The standard InChI is InChI=1S/C17H19N3O3/c1-3-9-19-10-15(18-11-19)13-5-4-6-14-12(13)7-8-16(23-2)17(14)20(21)22/h5,7-8,10-11H,3-4,6,9H2,1-2H3. The van der Waals surface area contributed by atoms with Gasteiger partial charge < -0.3 is 9.30 Å². The van der Waals surface area contributed by atoms with Crippen LogP contribution in [0.15, 0.2) is 30.7 Å². The summed E-state index contributed by atoms with van der Waals surface area (Å²) in [6, 6.07) is 3.56. The Balaban J connectivity index is 2.09. The first-order chi connectivity index (χ1) is 11.2. The molecule has 1 heterocycles. The summed E-state index contributed by atoms with van der Waals surface area (Å²) in [7, 11) is 1.46. The third kappa shape index (κ3) is 2.72. The van der Waals surface area contributed by atoms with Gasteiger partial charge in [-0.3, -0.25) is 10.1 Å². The van der Waals surface area contributed by atoms with E-state index in [1.54, 1.807) is 6.07 Å². The number of nitro benzene ring substituents is 1. The minimum atomic E-state index is -0.351. The van der Waals surface area contributed by atoms with Crippen LogP contribution in [-0.4, -0.2) is 21.6 Å². The largest absolute Gasteiger partial charge is 0.490 e. The summed E-state index contributed by atoms with van der Waals surface area (Å²) >= 11 is 0. The van der Waals surface area contributed by atoms with E-state index in [0.717, 1.165) is 41.8 Å². The van der Waals surface area contributed by atoms with Crippen LogP contribution in [0.3, 0.4) is 0 Å². The van der Waals surface area contributed by atoms with Gasteiger partial charge in [-0.1, -0.05) is 13.0 Å². The molecule has 1 aromatic carbocycles. The minimum absolute atomic E-state index is 0.0728. The van der Waals surface area contributed by atoms with E-state index in [1.165, 1.54) is 7.11 Å². The molecule has 6 heteroatoms. The zero-order valence-corrected chi connectivity index (χ0v) is 13.3. The summed E-state index contributed by atoms with van der Waals surface area (Å²) in [6.07, 6.45) is 8.36. The van der Waals surface area contributed by atoms with Gasteiger partial charge in [0, 0.05) is 23.9 Å². The van der Waals surface area contributed by atoms with Crippen molar-refractivity contribution in [3.63, 3.8) is 0 Å². The number of methoxy groups -OCH3 is 1. The van der Waals surface area contributed by atoms with E-state index in [0.29, 0.717) is 12.2 Å². The van der Waals surface area contributed by atoms with Gasteiger partial charge in [0.25, 0.3) is 0 Å². The van der Waals surface area contributed by atoms with Gasteiger partial charge in [-0.05, 0) is 37.0 Å². The second-order valence-corrected chi connectivity index (χ2v) is 5.55. The third-order valence-corrected chi connectivity index (χ3v) is 4.07. The summed E-state index contributed by atoms with van der Waals surface area (Å²) in [5.74, 6) is 0.312. The van der Waals surface area contributed by atoms with Gasteiger partial charge in [-0.2, -0.15) is 0 Å². The molecular weight excluding hydrogens is 294 g/mol. The first-order valence-corrected chi connectivity index (χ1v) is 7.72. The van der Waals surface area contributed by atoms with Gasteiger partial charge in [-0.25, -0.2) is 4.98 Å². The predicted octanol–water partition coefficient (Wildman–Crippen LogP) is 3.59. The molecule has 0 fully saturated rings. The fourth-order valence-corrected chi connectivity index (χ4v) is 3.08. The molecule has 0 aliphatic heterocycles. The number of nitrogens with zero attached hydrogens (tertiary/aromatic N) is 3. The van der Waals surface area contributed by atoms with E-state index in [4.69, 9.17) is 4.74 Å². The number of benzene rings is 1. The Morgan fingerprint density at radius 1 is 1.43 bits per heavy atom. The number of hydrogen-bond donors (Lipinski definition) is 0. The topological polar surface area (TPSA) is 70.2 Å². The summed E-state index contributed by atoms with van der Waals surface area (Å²) in [5, 5.41) is 11.5. The Hall–Kier alpha value is -2.63. The van der Waals surface area contributed by atoms with Gasteiger partial charge in [-0.15, -0.1) is 0 Å². The molecule has 120 valence electrons. The zero-order valence-electron chi connectivity index (χ0n) is 13.3. The molecule has 0 radical (unpaired) electrons. The van der Waals surface area contributed by atoms with Crippen LogP contribution in [-0.2, 0) is 13.0 Å². The number of hydrogen-bond acceptors (Lipinski definition) is 4. The van der Waals surface area contributed by atoms with Crippen molar-refractivity contribution in [3.8, 4) is 5.75 Å². The summed E-state index contributed by atoms with van der Waals surface area (Å²) < 4.78 is 7.21. The maximum absolute atomic E-state index is 11.5. The molecular formula is C17H19N3O3. The van der Waals surface area contributed by atoms with Gasteiger partial charge in [0.2, 0.25) is 0 Å². The molecule has 0 N–H and O–H groups in total. The molecule has 3 rings (SSSR count). The maximum atomic E-state index is 11.5. The average molecular weight is 313 g/mol. The Labute approximate surface area is 134 Å². The van der Waals surface area contributed by atoms with Crippen LogP contribution in [0.25, 0.3) is 5.57 Å². The predicted molar refractivity (Wildman–Crippen MR) is 87.6 cm³/mol. The number of rotatable bonds is 5. The molecule has 2 aromatic rings. The highest BCUT2D eigenvalue weighted by Gasteiger charge is 2.27. The lowest BCUT2D eigenvalue weighted by Gasteiger charge is -2.18. The van der Waals surface area contributed by atoms with Crippen molar-refractivity contribution in [1.82, 2.24) is 9.55 Å². The first-order valence-electron chi connectivity index (χ1n) is 7.72. The molecule has 0 amide bonds. The van der Waals surface area contributed by atoms with E-state index in [1.807, 2.05) is 23.2 Å². The number of aromatic nitrogens is 2. The van der Waals surface area contributed by atoms with E-state index in [9.17, 15) is 10.1 Å². The Bertz CT molecular complexity index is 777. The molecule has 0 bridgehead atoms. The molecule has 0 atom stereocenters. The van der Waals surface area contributed by atoms with Crippen molar-refractivity contribution in [2.24, 2.45) is 0 Å². The van der Waals surface area contributed by atoms with Crippen LogP contribution >= 0.6 is 0 Å². The summed E-state index contributed by atoms with van der Waals surface area (Å²) in [6.45, 7) is 3.03. The zero-order chi connectivity index (χ0) is 16.4. The highest BCUT2D eigenvalue weighted by Crippen LogP contribution is 2.40. The van der Waals surface area contributed by atoms with Gasteiger partial charge >= 0.3 is 5.69 Å². The molecule has 1 aromatic heterocycles. The second kappa shape index (κ2) is 6.24. The molecule has 0 saturated heterocycles. The van der Waals surface area contributed by atoms with Crippen LogP contribution < -0.4 is 4.74 Å². The fourth-order valence-electron chi connectivity index (χ4n) is 3.08. The van der Waals surface area contributed by atoms with Gasteiger partial charge in [0.1, 0.15) is 0 Å². The quantitative estimate of drug-likeness (QED) is 0.625. The third-order valence-electron chi connectivity index (χ3n) is 4.07. The molecule has 0 unspecified atom stereocenters. The SMILES string of the molecule is CCCn1cnc(C2=CCCc3c2ccc(OC)c3[N+](=O)[O-])c1. The number of aryl methyl sites for hydroxylation is 1. The van der Waals surface area contributed by atoms with Crippen molar-refractivity contribution < 1.29 is 9.66 Å². The van der Waals surface area contributed by atoms with Crippen LogP contribution in [0.4, 0.5) is 5.69 Å². The van der Waals surface area contributed by atoms with Crippen molar-refractivity contribution in [1.29, 1.82) is 0 Å².